The summed E-state index contributed by atoms with van der Waals surface area (Å²) in [5.41, 5.74) is 3.88. The fourth-order valence-corrected chi connectivity index (χ4v) is 5.71. The van der Waals surface area contributed by atoms with Crippen LogP contribution in [0.3, 0.4) is 0 Å². The van der Waals surface area contributed by atoms with E-state index in [1.807, 2.05) is 50.1 Å². The number of hydrogen-bond donors (Lipinski definition) is 2. The molecule has 1 saturated carbocycles. The number of aliphatic hydroxyl groups is 1. The Morgan fingerprint density at radius 1 is 1.16 bits per heavy atom. The SMILES string of the molecule is Cc1cc(N(C)C(=O)C2CCC(Oc3cccc(CC(C)(C)O)c3)CC2)ccc1CN1CCN[C@@H](C)C1. The Morgan fingerprint density at radius 3 is 2.59 bits per heavy atom. The quantitative estimate of drug-likeness (QED) is 0.542. The van der Waals surface area contributed by atoms with Crippen molar-refractivity contribution >= 4 is 11.6 Å². The zero-order chi connectivity index (χ0) is 26.6. The summed E-state index contributed by atoms with van der Waals surface area (Å²) in [5, 5.41) is 13.6. The van der Waals surface area contributed by atoms with Crippen LogP contribution in [-0.2, 0) is 17.8 Å². The fraction of sp³-hybridized carbons (Fsp3) is 0.581. The fourth-order valence-electron chi connectivity index (χ4n) is 5.71. The van der Waals surface area contributed by atoms with Crippen LogP contribution in [0.2, 0.25) is 0 Å². The minimum atomic E-state index is -0.744. The number of nitrogens with zero attached hydrogens (tertiary/aromatic N) is 2. The molecule has 2 aromatic carbocycles. The van der Waals surface area contributed by atoms with E-state index in [0.717, 1.165) is 68.9 Å². The highest BCUT2D eigenvalue weighted by Crippen LogP contribution is 2.31. The molecule has 1 amide bonds. The van der Waals surface area contributed by atoms with Crippen LogP contribution in [0, 0.1) is 12.8 Å². The van der Waals surface area contributed by atoms with E-state index in [4.69, 9.17) is 4.74 Å². The van der Waals surface area contributed by atoms with Crippen LogP contribution in [-0.4, -0.2) is 60.3 Å². The van der Waals surface area contributed by atoms with Gasteiger partial charge in [-0.15, -0.1) is 0 Å². The summed E-state index contributed by atoms with van der Waals surface area (Å²) in [6.07, 6.45) is 4.15. The monoisotopic (exact) mass is 507 g/mol. The van der Waals surface area contributed by atoms with Crippen molar-refractivity contribution in [2.45, 2.75) is 84.1 Å². The van der Waals surface area contributed by atoms with E-state index in [-0.39, 0.29) is 17.9 Å². The summed E-state index contributed by atoms with van der Waals surface area (Å²) >= 11 is 0. The first-order valence-corrected chi connectivity index (χ1v) is 13.9. The van der Waals surface area contributed by atoms with Crippen molar-refractivity contribution in [3.63, 3.8) is 0 Å². The molecule has 1 heterocycles. The lowest BCUT2D eigenvalue weighted by Crippen LogP contribution is -2.48. The van der Waals surface area contributed by atoms with Gasteiger partial charge in [-0.3, -0.25) is 9.69 Å². The van der Waals surface area contributed by atoms with E-state index in [2.05, 4.69) is 42.3 Å². The van der Waals surface area contributed by atoms with Crippen LogP contribution >= 0.6 is 0 Å². The molecule has 0 bridgehead atoms. The molecule has 202 valence electrons. The third-order valence-electron chi connectivity index (χ3n) is 7.75. The number of hydrogen-bond acceptors (Lipinski definition) is 5. The van der Waals surface area contributed by atoms with Gasteiger partial charge in [0.1, 0.15) is 5.75 Å². The van der Waals surface area contributed by atoms with Crippen LogP contribution in [0.1, 0.15) is 63.1 Å². The Kier molecular flexibility index (Phi) is 8.94. The molecule has 0 radical (unpaired) electrons. The lowest BCUT2D eigenvalue weighted by Gasteiger charge is -2.32. The van der Waals surface area contributed by atoms with Gasteiger partial charge >= 0.3 is 0 Å². The Labute approximate surface area is 223 Å². The van der Waals surface area contributed by atoms with Crippen molar-refractivity contribution in [3.8, 4) is 5.75 Å². The Hall–Kier alpha value is -2.41. The van der Waals surface area contributed by atoms with Crippen molar-refractivity contribution in [2.75, 3.05) is 31.6 Å². The van der Waals surface area contributed by atoms with Gasteiger partial charge in [-0.1, -0.05) is 18.2 Å². The highest BCUT2D eigenvalue weighted by atomic mass is 16.5. The summed E-state index contributed by atoms with van der Waals surface area (Å²) in [6, 6.07) is 15.0. The van der Waals surface area contributed by atoms with Crippen molar-refractivity contribution in [3.05, 3.63) is 59.2 Å². The number of benzene rings is 2. The van der Waals surface area contributed by atoms with Crippen LogP contribution in [0.15, 0.2) is 42.5 Å². The highest BCUT2D eigenvalue weighted by molar-refractivity contribution is 5.94. The van der Waals surface area contributed by atoms with Gasteiger partial charge in [-0.05, 0) is 94.3 Å². The van der Waals surface area contributed by atoms with Gasteiger partial charge in [-0.25, -0.2) is 0 Å². The molecule has 6 nitrogen and oxygen atoms in total. The van der Waals surface area contributed by atoms with Crippen molar-refractivity contribution in [1.29, 1.82) is 0 Å². The number of carbonyl (C=O) groups excluding carboxylic acids is 1. The summed E-state index contributed by atoms with van der Waals surface area (Å²) in [6.45, 7) is 12.2. The van der Waals surface area contributed by atoms with Gasteiger partial charge in [0.15, 0.2) is 0 Å². The van der Waals surface area contributed by atoms with Gasteiger partial charge in [0.05, 0.1) is 11.7 Å². The van der Waals surface area contributed by atoms with Crippen molar-refractivity contribution in [1.82, 2.24) is 10.2 Å². The van der Waals surface area contributed by atoms with Crippen LogP contribution < -0.4 is 15.0 Å². The molecule has 2 fully saturated rings. The summed E-state index contributed by atoms with van der Waals surface area (Å²) < 4.78 is 6.27. The Balaban J connectivity index is 1.29. The molecule has 37 heavy (non-hydrogen) atoms. The number of amides is 1. The number of rotatable bonds is 8. The van der Waals surface area contributed by atoms with Gasteiger partial charge in [-0.2, -0.15) is 0 Å². The third-order valence-corrected chi connectivity index (χ3v) is 7.75. The van der Waals surface area contributed by atoms with E-state index in [9.17, 15) is 9.90 Å². The molecule has 0 spiro atoms. The molecule has 2 N–H and O–H groups in total. The minimum absolute atomic E-state index is 0.0358. The largest absolute Gasteiger partial charge is 0.490 e. The molecule has 2 aliphatic rings. The molecule has 6 heteroatoms. The topological polar surface area (TPSA) is 65.0 Å². The second-order valence-electron chi connectivity index (χ2n) is 11.8. The molecular weight excluding hydrogens is 462 g/mol. The maximum Gasteiger partial charge on any atom is 0.229 e. The highest BCUT2D eigenvalue weighted by Gasteiger charge is 2.30. The zero-order valence-electron chi connectivity index (χ0n) is 23.3. The Bertz CT molecular complexity index is 1060. The minimum Gasteiger partial charge on any atom is -0.490 e. The van der Waals surface area contributed by atoms with E-state index < -0.39 is 5.60 Å². The molecule has 0 unspecified atom stereocenters. The van der Waals surface area contributed by atoms with Crippen LogP contribution in [0.25, 0.3) is 0 Å². The first-order chi connectivity index (χ1) is 17.6. The smallest absolute Gasteiger partial charge is 0.229 e. The van der Waals surface area contributed by atoms with E-state index in [0.29, 0.717) is 12.5 Å². The van der Waals surface area contributed by atoms with Gasteiger partial charge in [0.2, 0.25) is 5.91 Å². The van der Waals surface area contributed by atoms with E-state index in [1.54, 1.807) is 0 Å². The van der Waals surface area contributed by atoms with Crippen LogP contribution in [0.5, 0.6) is 5.75 Å². The second-order valence-corrected chi connectivity index (χ2v) is 11.8. The normalized spacial score (nSPS) is 23.0. The van der Waals surface area contributed by atoms with Gasteiger partial charge in [0, 0.05) is 57.3 Å². The van der Waals surface area contributed by atoms with Crippen molar-refractivity contribution < 1.29 is 14.6 Å². The Morgan fingerprint density at radius 2 is 1.92 bits per heavy atom. The van der Waals surface area contributed by atoms with Gasteiger partial charge in [0.25, 0.3) is 0 Å². The lowest BCUT2D eigenvalue weighted by atomic mass is 9.86. The first kappa shape index (κ1) is 27.6. The third kappa shape index (κ3) is 7.79. The van der Waals surface area contributed by atoms with Crippen molar-refractivity contribution in [2.24, 2.45) is 5.92 Å². The maximum absolute atomic E-state index is 13.3. The first-order valence-electron chi connectivity index (χ1n) is 13.9. The molecule has 0 aromatic heterocycles. The average Bonchev–Trinajstić information content (AvgIpc) is 2.84. The summed E-state index contributed by atoms with van der Waals surface area (Å²) in [4.78, 5) is 17.7. The molecular formula is C31H45N3O3. The number of nitrogens with one attached hydrogen (secondary N) is 1. The van der Waals surface area contributed by atoms with Gasteiger partial charge < -0.3 is 20.1 Å². The molecule has 1 atom stereocenters. The molecule has 1 saturated heterocycles. The number of piperazine rings is 1. The maximum atomic E-state index is 13.3. The lowest BCUT2D eigenvalue weighted by molar-refractivity contribution is -0.123. The molecule has 1 aliphatic carbocycles. The average molecular weight is 508 g/mol. The number of ether oxygens (including phenoxy) is 1. The second kappa shape index (κ2) is 12.0. The predicted octanol–water partition coefficient (Wildman–Crippen LogP) is 4.70. The number of carbonyl (C=O) groups is 1. The zero-order valence-corrected chi connectivity index (χ0v) is 23.3. The summed E-state index contributed by atoms with van der Waals surface area (Å²) in [5.74, 6) is 1.09. The number of aryl methyl sites for hydroxylation is 1. The van der Waals surface area contributed by atoms with E-state index in [1.165, 1.54) is 11.1 Å². The molecule has 1 aliphatic heterocycles. The van der Waals surface area contributed by atoms with E-state index >= 15 is 0 Å². The molecule has 4 rings (SSSR count). The molecule has 2 aromatic rings. The number of anilines is 1. The standard InChI is InChI=1S/C31H45N3O3/c1-22-17-27(12-9-26(22)21-34-16-15-32-23(2)20-34)33(5)30(35)25-10-13-28(14-11-25)37-29-8-6-7-24(18-29)19-31(3,4)36/h6-9,12,17-18,23,25,28,32,36H,10-11,13-16,19-21H2,1-5H3/t23-,25?,28?/m0/s1. The predicted molar refractivity (Wildman–Crippen MR) is 150 cm³/mol. The van der Waals surface area contributed by atoms with Crippen LogP contribution in [0.4, 0.5) is 5.69 Å². The summed E-state index contributed by atoms with van der Waals surface area (Å²) in [7, 11) is 1.91.